The van der Waals surface area contributed by atoms with Crippen molar-refractivity contribution in [3.8, 4) is 0 Å². The van der Waals surface area contributed by atoms with E-state index in [1.54, 1.807) is 42.5 Å². The zero-order chi connectivity index (χ0) is 18.5. The summed E-state index contributed by atoms with van der Waals surface area (Å²) in [6.45, 7) is 1.84. The van der Waals surface area contributed by atoms with Crippen LogP contribution in [0.3, 0.4) is 0 Å². The van der Waals surface area contributed by atoms with Crippen molar-refractivity contribution in [2.24, 2.45) is 0 Å². The predicted octanol–water partition coefficient (Wildman–Crippen LogP) is 4.64. The van der Waals surface area contributed by atoms with Crippen molar-refractivity contribution >= 4 is 23.2 Å². The zero-order valence-electron chi connectivity index (χ0n) is 14.1. The molecule has 0 aliphatic rings. The monoisotopic (exact) mass is 348 g/mol. The second-order valence-corrected chi connectivity index (χ2v) is 5.81. The fourth-order valence-corrected chi connectivity index (χ4v) is 2.47. The smallest absolute Gasteiger partial charge is 0.255 e. The normalized spacial score (nSPS) is 10.2. The molecule has 0 fully saturated rings. The zero-order valence-corrected chi connectivity index (χ0v) is 14.1. The average Bonchev–Trinajstić information content (AvgIpc) is 2.65. The Hall–Kier alpha value is -3.47. The first-order valence-corrected chi connectivity index (χ1v) is 8.07. The Balaban J connectivity index is 1.70. The van der Waals surface area contributed by atoms with Gasteiger partial charge in [0.05, 0.1) is 0 Å². The van der Waals surface area contributed by atoms with E-state index in [2.05, 4.69) is 10.6 Å². The minimum absolute atomic E-state index is 0.197. The second-order valence-electron chi connectivity index (χ2n) is 5.81. The fraction of sp³-hybridized carbons (Fsp3) is 0.0476. The van der Waals surface area contributed by atoms with Crippen LogP contribution in [0.15, 0.2) is 72.8 Å². The highest BCUT2D eigenvalue weighted by atomic mass is 19.1. The van der Waals surface area contributed by atoms with Gasteiger partial charge < -0.3 is 10.6 Å². The highest BCUT2D eigenvalue weighted by Crippen LogP contribution is 2.21. The van der Waals surface area contributed by atoms with Crippen molar-refractivity contribution < 1.29 is 14.0 Å². The van der Waals surface area contributed by atoms with Crippen LogP contribution in [0.25, 0.3) is 0 Å². The van der Waals surface area contributed by atoms with Gasteiger partial charge in [-0.1, -0.05) is 18.2 Å². The molecule has 4 nitrogen and oxygen atoms in total. The Morgan fingerprint density at radius 1 is 0.769 bits per heavy atom. The summed E-state index contributed by atoms with van der Waals surface area (Å²) in [5.74, 6) is -0.918. The predicted molar refractivity (Wildman–Crippen MR) is 99.9 cm³/mol. The van der Waals surface area contributed by atoms with E-state index in [4.69, 9.17) is 0 Å². The van der Waals surface area contributed by atoms with Crippen LogP contribution in [0.5, 0.6) is 0 Å². The van der Waals surface area contributed by atoms with E-state index in [-0.39, 0.29) is 11.8 Å². The molecular weight excluding hydrogens is 331 g/mol. The number of aryl methyl sites for hydroxylation is 1. The average molecular weight is 348 g/mol. The highest BCUT2D eigenvalue weighted by molar-refractivity contribution is 6.06. The molecule has 3 rings (SSSR count). The van der Waals surface area contributed by atoms with Gasteiger partial charge in [0.2, 0.25) is 0 Å². The van der Waals surface area contributed by atoms with E-state index < -0.39 is 5.82 Å². The van der Waals surface area contributed by atoms with Gasteiger partial charge in [-0.2, -0.15) is 0 Å². The molecule has 0 aromatic heterocycles. The molecule has 0 radical (unpaired) electrons. The number of rotatable bonds is 4. The molecule has 0 atom stereocenters. The number of benzene rings is 3. The fourth-order valence-electron chi connectivity index (χ4n) is 2.47. The Kier molecular flexibility index (Phi) is 5.08. The van der Waals surface area contributed by atoms with E-state index in [1.807, 2.05) is 13.0 Å². The van der Waals surface area contributed by atoms with Crippen LogP contribution in [0.1, 0.15) is 26.3 Å². The largest absolute Gasteiger partial charge is 0.322 e. The van der Waals surface area contributed by atoms with Crippen LogP contribution in [0.4, 0.5) is 15.8 Å². The van der Waals surface area contributed by atoms with Crippen molar-refractivity contribution in [2.45, 2.75) is 6.92 Å². The Labute approximate surface area is 150 Å². The quantitative estimate of drug-likeness (QED) is 0.722. The van der Waals surface area contributed by atoms with Crippen molar-refractivity contribution in [3.63, 3.8) is 0 Å². The summed E-state index contributed by atoms with van der Waals surface area (Å²) in [6.07, 6.45) is 0. The van der Waals surface area contributed by atoms with Crippen molar-refractivity contribution in [2.75, 3.05) is 10.6 Å². The number of hydrogen-bond donors (Lipinski definition) is 2. The third-order valence-electron chi connectivity index (χ3n) is 3.87. The van der Waals surface area contributed by atoms with Crippen LogP contribution >= 0.6 is 0 Å². The van der Waals surface area contributed by atoms with Crippen LogP contribution in [-0.4, -0.2) is 11.8 Å². The van der Waals surface area contributed by atoms with Gasteiger partial charge in [0.25, 0.3) is 11.8 Å². The topological polar surface area (TPSA) is 58.2 Å². The second kappa shape index (κ2) is 7.61. The minimum atomic E-state index is -0.393. The van der Waals surface area contributed by atoms with Crippen LogP contribution in [0.2, 0.25) is 0 Å². The molecule has 3 aromatic rings. The number of hydrogen-bond acceptors (Lipinski definition) is 2. The molecule has 3 aromatic carbocycles. The molecule has 2 amide bonds. The molecule has 0 aliphatic heterocycles. The molecular formula is C21H17FN2O2. The maximum atomic E-state index is 12.9. The van der Waals surface area contributed by atoms with Gasteiger partial charge >= 0.3 is 0 Å². The van der Waals surface area contributed by atoms with Gasteiger partial charge in [-0.25, -0.2) is 4.39 Å². The van der Waals surface area contributed by atoms with Gasteiger partial charge in [-0.05, 0) is 67.1 Å². The number of carbonyl (C=O) groups is 2. The number of carbonyl (C=O) groups excluding carboxylic acids is 2. The lowest BCUT2D eigenvalue weighted by atomic mass is 10.1. The summed E-state index contributed by atoms with van der Waals surface area (Å²) in [7, 11) is 0. The Morgan fingerprint density at radius 2 is 1.38 bits per heavy atom. The summed E-state index contributed by atoms with van der Waals surface area (Å²) >= 11 is 0. The molecule has 0 spiro atoms. The summed E-state index contributed by atoms with van der Waals surface area (Å²) < 4.78 is 12.9. The molecule has 0 saturated carbocycles. The maximum absolute atomic E-state index is 12.9. The lowest BCUT2D eigenvalue weighted by Crippen LogP contribution is -2.14. The van der Waals surface area contributed by atoms with E-state index >= 15 is 0 Å². The van der Waals surface area contributed by atoms with Crippen LogP contribution in [0, 0.1) is 12.7 Å². The SMILES string of the molecule is Cc1cc(NC(=O)c2ccc(F)cc2)ccc1NC(=O)c1ccccc1. The minimum Gasteiger partial charge on any atom is -0.322 e. The third-order valence-corrected chi connectivity index (χ3v) is 3.87. The third kappa shape index (κ3) is 4.13. The first-order valence-electron chi connectivity index (χ1n) is 8.07. The van der Waals surface area contributed by atoms with Gasteiger partial charge in [0, 0.05) is 22.5 Å². The number of halogens is 1. The first-order chi connectivity index (χ1) is 12.5. The van der Waals surface area contributed by atoms with Crippen LogP contribution < -0.4 is 10.6 Å². The van der Waals surface area contributed by atoms with Crippen LogP contribution in [-0.2, 0) is 0 Å². The van der Waals surface area contributed by atoms with E-state index in [0.717, 1.165) is 5.56 Å². The molecule has 0 unspecified atom stereocenters. The molecule has 0 aliphatic carbocycles. The van der Waals surface area contributed by atoms with E-state index in [1.165, 1.54) is 24.3 Å². The summed E-state index contributed by atoms with van der Waals surface area (Å²) in [5, 5.41) is 5.61. The standard InChI is InChI=1S/C21H17FN2O2/c1-14-13-18(23-20(25)16-7-9-17(22)10-8-16)11-12-19(14)24-21(26)15-5-3-2-4-6-15/h2-13H,1H3,(H,23,25)(H,24,26). The van der Waals surface area contributed by atoms with E-state index in [0.29, 0.717) is 22.5 Å². The van der Waals surface area contributed by atoms with Gasteiger partial charge in [-0.15, -0.1) is 0 Å². The number of anilines is 2. The van der Waals surface area contributed by atoms with Gasteiger partial charge in [0.1, 0.15) is 5.82 Å². The summed E-state index contributed by atoms with van der Waals surface area (Å²) in [6, 6.07) is 19.5. The molecule has 5 heteroatoms. The van der Waals surface area contributed by atoms with Crippen molar-refractivity contribution in [3.05, 3.63) is 95.3 Å². The number of amides is 2. The van der Waals surface area contributed by atoms with Gasteiger partial charge in [0.15, 0.2) is 0 Å². The Bertz CT molecular complexity index is 938. The molecule has 2 N–H and O–H groups in total. The lowest BCUT2D eigenvalue weighted by Gasteiger charge is -2.11. The maximum Gasteiger partial charge on any atom is 0.255 e. The van der Waals surface area contributed by atoms with Crippen molar-refractivity contribution in [1.82, 2.24) is 0 Å². The molecule has 0 heterocycles. The molecule has 0 bridgehead atoms. The lowest BCUT2D eigenvalue weighted by molar-refractivity contribution is 0.101. The molecule has 0 saturated heterocycles. The molecule has 26 heavy (non-hydrogen) atoms. The highest BCUT2D eigenvalue weighted by Gasteiger charge is 2.10. The van der Waals surface area contributed by atoms with Crippen molar-refractivity contribution in [1.29, 1.82) is 0 Å². The van der Waals surface area contributed by atoms with Gasteiger partial charge in [-0.3, -0.25) is 9.59 Å². The summed E-state index contributed by atoms with van der Waals surface area (Å²) in [4.78, 5) is 24.4. The summed E-state index contributed by atoms with van der Waals surface area (Å²) in [5.41, 5.74) is 3.01. The first kappa shape index (κ1) is 17.4. The molecule has 130 valence electrons. The Morgan fingerprint density at radius 3 is 2.04 bits per heavy atom. The number of nitrogens with one attached hydrogen (secondary N) is 2. The van der Waals surface area contributed by atoms with E-state index in [9.17, 15) is 14.0 Å².